The summed E-state index contributed by atoms with van der Waals surface area (Å²) in [5.74, 6) is -1.13. The van der Waals surface area contributed by atoms with Gasteiger partial charge in [-0.3, -0.25) is 14.5 Å². The van der Waals surface area contributed by atoms with E-state index < -0.39 is 23.3 Å². The van der Waals surface area contributed by atoms with E-state index in [2.05, 4.69) is 5.32 Å². The molecule has 1 aromatic carbocycles. The maximum atomic E-state index is 13.3. The molecular formula is C21H26FN3O4. The SMILES string of the molecule is CCC1(c2ccc(F)cc2)NC(=O)N(CC(=O)N2CCOC3CCCCC32)C1=O. The molecule has 0 radical (unpaired) electrons. The van der Waals surface area contributed by atoms with Gasteiger partial charge in [-0.05, 0) is 37.0 Å². The summed E-state index contributed by atoms with van der Waals surface area (Å²) in [5.41, 5.74) is -0.767. The fraction of sp³-hybridized carbons (Fsp3) is 0.571. The highest BCUT2D eigenvalue weighted by atomic mass is 19.1. The molecule has 0 aromatic heterocycles. The van der Waals surface area contributed by atoms with Crippen LogP contribution in [0.3, 0.4) is 0 Å². The molecule has 7 nitrogen and oxygen atoms in total. The van der Waals surface area contributed by atoms with Crippen LogP contribution in [-0.4, -0.2) is 59.5 Å². The highest BCUT2D eigenvalue weighted by Crippen LogP contribution is 2.33. The lowest BCUT2D eigenvalue weighted by atomic mass is 9.87. The van der Waals surface area contributed by atoms with Gasteiger partial charge in [-0.2, -0.15) is 0 Å². The van der Waals surface area contributed by atoms with Gasteiger partial charge in [0.25, 0.3) is 5.91 Å². The number of nitrogens with zero attached hydrogens (tertiary/aromatic N) is 2. The Morgan fingerprint density at radius 3 is 2.69 bits per heavy atom. The first-order valence-corrected chi connectivity index (χ1v) is 10.3. The van der Waals surface area contributed by atoms with Gasteiger partial charge in [-0.1, -0.05) is 31.9 Å². The molecule has 3 atom stereocenters. The van der Waals surface area contributed by atoms with Crippen LogP contribution in [-0.2, 0) is 19.9 Å². The molecule has 29 heavy (non-hydrogen) atoms. The van der Waals surface area contributed by atoms with Gasteiger partial charge in [0.05, 0.1) is 18.8 Å². The lowest BCUT2D eigenvalue weighted by Crippen LogP contribution is -2.57. The predicted molar refractivity (Wildman–Crippen MR) is 102 cm³/mol. The zero-order chi connectivity index (χ0) is 20.6. The summed E-state index contributed by atoms with van der Waals surface area (Å²) in [4.78, 5) is 41.6. The van der Waals surface area contributed by atoms with E-state index >= 15 is 0 Å². The maximum absolute atomic E-state index is 13.3. The van der Waals surface area contributed by atoms with Gasteiger partial charge in [-0.25, -0.2) is 9.18 Å². The van der Waals surface area contributed by atoms with E-state index in [1.54, 1.807) is 11.8 Å². The first-order valence-electron chi connectivity index (χ1n) is 10.3. The van der Waals surface area contributed by atoms with Crippen molar-refractivity contribution in [2.75, 3.05) is 19.7 Å². The van der Waals surface area contributed by atoms with Gasteiger partial charge in [0.2, 0.25) is 5.91 Å². The van der Waals surface area contributed by atoms with Crippen molar-refractivity contribution in [3.8, 4) is 0 Å². The molecule has 0 bridgehead atoms. The lowest BCUT2D eigenvalue weighted by Gasteiger charge is -2.44. The largest absolute Gasteiger partial charge is 0.374 e. The molecule has 1 N–H and O–H groups in total. The average molecular weight is 403 g/mol. The van der Waals surface area contributed by atoms with E-state index in [9.17, 15) is 18.8 Å². The smallest absolute Gasteiger partial charge is 0.325 e. The van der Waals surface area contributed by atoms with Crippen LogP contribution in [0.5, 0.6) is 0 Å². The predicted octanol–water partition coefficient (Wildman–Crippen LogP) is 2.15. The molecule has 8 heteroatoms. The molecule has 1 saturated carbocycles. The molecule has 1 aliphatic carbocycles. The fourth-order valence-electron chi connectivity index (χ4n) is 4.78. The topological polar surface area (TPSA) is 79.0 Å². The van der Waals surface area contributed by atoms with Gasteiger partial charge in [0, 0.05) is 6.54 Å². The van der Waals surface area contributed by atoms with Crippen LogP contribution in [0.2, 0.25) is 0 Å². The number of hydrogen-bond acceptors (Lipinski definition) is 4. The van der Waals surface area contributed by atoms with Crippen LogP contribution < -0.4 is 5.32 Å². The van der Waals surface area contributed by atoms with Gasteiger partial charge in [-0.15, -0.1) is 0 Å². The van der Waals surface area contributed by atoms with E-state index in [1.165, 1.54) is 24.3 Å². The molecule has 2 aliphatic heterocycles. The summed E-state index contributed by atoms with van der Waals surface area (Å²) in [6.07, 6.45) is 4.29. The minimum absolute atomic E-state index is 0.0128. The van der Waals surface area contributed by atoms with Crippen molar-refractivity contribution >= 4 is 17.8 Å². The number of morpholine rings is 1. The number of ether oxygens (including phenoxy) is 1. The Hall–Kier alpha value is -2.48. The number of amides is 4. The van der Waals surface area contributed by atoms with Crippen LogP contribution in [0.1, 0.15) is 44.6 Å². The summed E-state index contributed by atoms with van der Waals surface area (Å²) in [5, 5.41) is 2.74. The van der Waals surface area contributed by atoms with Crippen molar-refractivity contribution in [3.63, 3.8) is 0 Å². The molecule has 1 aromatic rings. The second-order valence-electron chi connectivity index (χ2n) is 7.94. The third-order valence-electron chi connectivity index (χ3n) is 6.39. The van der Waals surface area contributed by atoms with Gasteiger partial charge >= 0.3 is 6.03 Å². The van der Waals surface area contributed by atoms with Crippen molar-refractivity contribution in [2.24, 2.45) is 0 Å². The van der Waals surface area contributed by atoms with E-state index in [0.29, 0.717) is 25.1 Å². The van der Waals surface area contributed by atoms with E-state index in [0.717, 1.165) is 30.6 Å². The molecule has 0 spiro atoms. The molecular weight excluding hydrogens is 377 g/mol. The van der Waals surface area contributed by atoms with Crippen LogP contribution in [0, 0.1) is 5.82 Å². The minimum Gasteiger partial charge on any atom is -0.374 e. The minimum atomic E-state index is -1.27. The highest BCUT2D eigenvalue weighted by molar-refractivity contribution is 6.09. The molecule has 4 amide bonds. The Kier molecular flexibility index (Phi) is 5.29. The first-order chi connectivity index (χ1) is 14.0. The van der Waals surface area contributed by atoms with Crippen LogP contribution in [0.4, 0.5) is 9.18 Å². The molecule has 3 unspecified atom stereocenters. The van der Waals surface area contributed by atoms with Crippen LogP contribution in [0.15, 0.2) is 24.3 Å². The van der Waals surface area contributed by atoms with Crippen molar-refractivity contribution in [2.45, 2.75) is 56.7 Å². The standard InChI is InChI=1S/C21H26FN3O4/c1-2-21(14-7-9-15(22)10-8-14)19(27)25(20(28)23-21)13-18(26)24-11-12-29-17-6-4-3-5-16(17)24/h7-10,16-17H,2-6,11-13H2,1H3,(H,23,28). The Morgan fingerprint density at radius 2 is 1.97 bits per heavy atom. The number of benzene rings is 1. The van der Waals surface area contributed by atoms with Gasteiger partial charge in [0.15, 0.2) is 0 Å². The normalized spacial score (nSPS) is 29.6. The van der Waals surface area contributed by atoms with E-state index in [-0.39, 0.29) is 24.6 Å². The molecule has 4 rings (SSSR count). The van der Waals surface area contributed by atoms with Gasteiger partial charge in [0.1, 0.15) is 17.9 Å². The monoisotopic (exact) mass is 403 g/mol. The molecule has 2 heterocycles. The molecule has 3 fully saturated rings. The summed E-state index contributed by atoms with van der Waals surface area (Å²) < 4.78 is 19.1. The molecule has 156 valence electrons. The van der Waals surface area contributed by atoms with Crippen molar-refractivity contribution in [1.82, 2.24) is 15.1 Å². The molecule has 3 aliphatic rings. The maximum Gasteiger partial charge on any atom is 0.325 e. The van der Waals surface area contributed by atoms with E-state index in [4.69, 9.17) is 4.74 Å². The fourth-order valence-corrected chi connectivity index (χ4v) is 4.78. The Bertz CT molecular complexity index is 813. The number of urea groups is 1. The first kappa shape index (κ1) is 19.8. The molecule has 2 saturated heterocycles. The van der Waals surface area contributed by atoms with Crippen molar-refractivity contribution in [1.29, 1.82) is 0 Å². The number of hydrogen-bond donors (Lipinski definition) is 1. The quantitative estimate of drug-likeness (QED) is 0.782. The van der Waals surface area contributed by atoms with E-state index in [1.807, 2.05) is 0 Å². The average Bonchev–Trinajstić information content (AvgIpc) is 2.99. The third kappa shape index (κ3) is 3.39. The van der Waals surface area contributed by atoms with Crippen molar-refractivity contribution < 1.29 is 23.5 Å². The number of imide groups is 1. The lowest BCUT2D eigenvalue weighted by molar-refractivity contribution is -0.152. The summed E-state index contributed by atoms with van der Waals surface area (Å²) in [6.45, 7) is 2.43. The number of carbonyl (C=O) groups is 3. The summed E-state index contributed by atoms with van der Waals surface area (Å²) >= 11 is 0. The summed E-state index contributed by atoms with van der Waals surface area (Å²) in [7, 11) is 0. The number of carbonyl (C=O) groups excluding carboxylic acids is 3. The Morgan fingerprint density at radius 1 is 1.24 bits per heavy atom. The number of halogens is 1. The summed E-state index contributed by atoms with van der Waals surface area (Å²) in [6, 6.07) is 4.93. The third-order valence-corrected chi connectivity index (χ3v) is 6.39. The second-order valence-corrected chi connectivity index (χ2v) is 7.94. The second kappa shape index (κ2) is 7.74. The van der Waals surface area contributed by atoms with Crippen LogP contribution in [0.25, 0.3) is 0 Å². The van der Waals surface area contributed by atoms with Gasteiger partial charge < -0.3 is 15.0 Å². The van der Waals surface area contributed by atoms with Crippen LogP contribution >= 0.6 is 0 Å². The highest BCUT2D eigenvalue weighted by Gasteiger charge is 2.52. The zero-order valence-electron chi connectivity index (χ0n) is 16.5. The number of rotatable bonds is 4. The van der Waals surface area contributed by atoms with Crippen molar-refractivity contribution in [3.05, 3.63) is 35.6 Å². The Labute approximate surface area is 169 Å². The number of nitrogens with one attached hydrogen (secondary N) is 1. The Balaban J connectivity index is 1.53. The number of fused-ring (bicyclic) bond motifs is 1. The zero-order valence-corrected chi connectivity index (χ0v) is 16.5.